The van der Waals surface area contributed by atoms with Gasteiger partial charge in [-0.15, -0.1) is 11.3 Å². The van der Waals surface area contributed by atoms with Gasteiger partial charge in [0.2, 0.25) is 0 Å². The van der Waals surface area contributed by atoms with Gasteiger partial charge in [0.05, 0.1) is 5.69 Å². The first-order valence-corrected chi connectivity index (χ1v) is 6.57. The van der Waals surface area contributed by atoms with Crippen LogP contribution in [0, 0.1) is 5.82 Å². The van der Waals surface area contributed by atoms with Gasteiger partial charge in [0.15, 0.2) is 0 Å². The third-order valence-electron chi connectivity index (χ3n) is 2.83. The van der Waals surface area contributed by atoms with Crippen molar-refractivity contribution in [3.63, 3.8) is 0 Å². The lowest BCUT2D eigenvalue weighted by atomic mass is 10.2. The van der Waals surface area contributed by atoms with Crippen molar-refractivity contribution in [1.29, 1.82) is 0 Å². The average Bonchev–Trinajstić information content (AvgIpc) is 2.88. The molecule has 0 saturated heterocycles. The van der Waals surface area contributed by atoms with E-state index in [0.29, 0.717) is 10.4 Å². The van der Waals surface area contributed by atoms with Crippen LogP contribution in [-0.4, -0.2) is 15.8 Å². The van der Waals surface area contributed by atoms with Crippen molar-refractivity contribution in [2.24, 2.45) is 0 Å². The first-order valence-electron chi connectivity index (χ1n) is 5.75. The van der Waals surface area contributed by atoms with Crippen molar-refractivity contribution in [1.82, 2.24) is 4.68 Å². The lowest BCUT2D eigenvalue weighted by Gasteiger charge is -1.98. The Hall–Kier alpha value is -2.74. The minimum absolute atomic E-state index is 0.0400. The number of rotatable bonds is 4. The summed E-state index contributed by atoms with van der Waals surface area (Å²) in [5.41, 5.74) is 1.80. The molecule has 3 aromatic rings. The number of thiophene rings is 1. The molecule has 0 radical (unpaired) electrons. The molecule has 0 bridgehead atoms. The SMILES string of the molecule is O=C(O)c1sc(-c2ccc(F)cc2)cc1Nn1c(=O)c1=O. The van der Waals surface area contributed by atoms with Gasteiger partial charge in [-0.25, -0.2) is 9.18 Å². The minimum atomic E-state index is -1.18. The Morgan fingerprint density at radius 2 is 1.81 bits per heavy atom. The van der Waals surface area contributed by atoms with E-state index in [1.807, 2.05) is 0 Å². The quantitative estimate of drug-likeness (QED) is 0.714. The number of halogens is 1. The Labute approximate surface area is 120 Å². The van der Waals surface area contributed by atoms with E-state index in [1.165, 1.54) is 30.3 Å². The van der Waals surface area contributed by atoms with Crippen molar-refractivity contribution in [2.45, 2.75) is 0 Å². The third kappa shape index (κ3) is 2.36. The Balaban J connectivity index is 2.02. The summed E-state index contributed by atoms with van der Waals surface area (Å²) in [5, 5.41) is 9.16. The number of carbonyl (C=O) groups is 1. The zero-order valence-corrected chi connectivity index (χ0v) is 11.1. The highest BCUT2D eigenvalue weighted by Gasteiger charge is 2.22. The number of nitrogens with one attached hydrogen (secondary N) is 1. The summed E-state index contributed by atoms with van der Waals surface area (Å²) >= 11 is 0.965. The van der Waals surface area contributed by atoms with Gasteiger partial charge in [0, 0.05) is 4.88 Å². The highest BCUT2D eigenvalue weighted by molar-refractivity contribution is 7.18. The highest BCUT2D eigenvalue weighted by atomic mass is 32.1. The van der Waals surface area contributed by atoms with Gasteiger partial charge in [0.25, 0.3) is 0 Å². The predicted molar refractivity (Wildman–Crippen MR) is 75.0 cm³/mol. The maximum Gasteiger partial charge on any atom is 0.348 e. The monoisotopic (exact) mass is 306 g/mol. The van der Waals surface area contributed by atoms with E-state index in [4.69, 9.17) is 5.11 Å². The fourth-order valence-electron chi connectivity index (χ4n) is 1.75. The normalized spacial score (nSPS) is 10.9. The number of anilines is 1. The largest absolute Gasteiger partial charge is 0.477 e. The molecule has 106 valence electrons. The molecule has 0 unspecified atom stereocenters. The molecular formula is C13H7FN2O4S. The number of benzene rings is 1. The first-order chi connectivity index (χ1) is 9.97. The predicted octanol–water partition coefficient (Wildman–Crippen LogP) is 1.53. The van der Waals surface area contributed by atoms with Gasteiger partial charge in [-0.3, -0.25) is 15.0 Å². The van der Waals surface area contributed by atoms with Crippen molar-refractivity contribution in [2.75, 3.05) is 5.43 Å². The van der Waals surface area contributed by atoms with E-state index >= 15 is 0 Å². The molecule has 0 aliphatic heterocycles. The second-order valence-electron chi connectivity index (χ2n) is 4.22. The Kier molecular flexibility index (Phi) is 2.95. The highest BCUT2D eigenvalue weighted by Crippen LogP contribution is 2.34. The summed E-state index contributed by atoms with van der Waals surface area (Å²) in [5.74, 6) is -1.58. The molecule has 0 saturated carbocycles. The Morgan fingerprint density at radius 3 is 2.33 bits per heavy atom. The van der Waals surface area contributed by atoms with Crippen LogP contribution in [-0.2, 0) is 0 Å². The van der Waals surface area contributed by atoms with Crippen LogP contribution < -0.4 is 16.5 Å². The van der Waals surface area contributed by atoms with Crippen LogP contribution in [0.2, 0.25) is 0 Å². The molecule has 0 spiro atoms. The first kappa shape index (κ1) is 13.3. The second kappa shape index (κ2) is 4.67. The van der Waals surface area contributed by atoms with Gasteiger partial charge in [-0.05, 0) is 23.8 Å². The fourth-order valence-corrected chi connectivity index (χ4v) is 2.70. The van der Waals surface area contributed by atoms with Crippen LogP contribution in [0.5, 0.6) is 0 Å². The van der Waals surface area contributed by atoms with Gasteiger partial charge < -0.3 is 5.11 Å². The van der Waals surface area contributed by atoms with Crippen molar-refractivity contribution < 1.29 is 14.3 Å². The summed E-state index contributed by atoms with van der Waals surface area (Å²) < 4.78 is 13.6. The maximum absolute atomic E-state index is 12.9. The molecule has 2 heterocycles. The van der Waals surface area contributed by atoms with E-state index < -0.39 is 22.9 Å². The summed E-state index contributed by atoms with van der Waals surface area (Å²) in [4.78, 5) is 33.6. The zero-order valence-electron chi connectivity index (χ0n) is 10.3. The Morgan fingerprint density at radius 1 is 1.19 bits per heavy atom. The van der Waals surface area contributed by atoms with Crippen molar-refractivity contribution >= 4 is 23.0 Å². The van der Waals surface area contributed by atoms with Gasteiger partial charge in [-0.2, -0.15) is 4.68 Å². The molecule has 6 nitrogen and oxygen atoms in total. The number of aromatic nitrogens is 1. The molecule has 0 fully saturated rings. The molecule has 3 rings (SSSR count). The molecule has 2 N–H and O–H groups in total. The fraction of sp³-hybridized carbons (Fsp3) is 0. The van der Waals surface area contributed by atoms with Crippen LogP contribution in [0.4, 0.5) is 10.1 Å². The minimum Gasteiger partial charge on any atom is -0.477 e. The van der Waals surface area contributed by atoms with Crippen LogP contribution in [0.3, 0.4) is 0 Å². The molecule has 0 atom stereocenters. The maximum atomic E-state index is 12.9. The zero-order chi connectivity index (χ0) is 15.1. The van der Waals surface area contributed by atoms with Crippen LogP contribution in [0.15, 0.2) is 39.9 Å². The van der Waals surface area contributed by atoms with E-state index in [-0.39, 0.29) is 10.6 Å². The lowest BCUT2D eigenvalue weighted by molar-refractivity contribution is 0.0703. The molecule has 21 heavy (non-hydrogen) atoms. The number of carboxylic acids is 1. The molecule has 0 amide bonds. The molecule has 0 aliphatic rings. The molecular weight excluding hydrogens is 299 g/mol. The molecule has 1 aromatic carbocycles. The smallest absolute Gasteiger partial charge is 0.348 e. The van der Waals surface area contributed by atoms with Crippen LogP contribution in [0.1, 0.15) is 9.67 Å². The van der Waals surface area contributed by atoms with E-state index in [9.17, 15) is 18.8 Å². The standard InChI is InChI=1S/C13H7FN2O4S/c14-7-3-1-6(2-4-7)9-5-8(10(21-9)13(19)20)15-16-11(17)12(16)18/h1-5,15H,(H,19,20). The summed E-state index contributed by atoms with van der Waals surface area (Å²) in [6.07, 6.45) is 0. The molecule has 2 aromatic heterocycles. The number of carboxylic acid groups (broad SMARTS) is 1. The van der Waals surface area contributed by atoms with Gasteiger partial charge in [-0.1, -0.05) is 12.1 Å². The van der Waals surface area contributed by atoms with Crippen LogP contribution >= 0.6 is 11.3 Å². The van der Waals surface area contributed by atoms with Crippen molar-refractivity contribution in [3.8, 4) is 10.4 Å². The van der Waals surface area contributed by atoms with Crippen LogP contribution in [0.25, 0.3) is 10.4 Å². The summed E-state index contributed by atoms with van der Waals surface area (Å²) in [6, 6.07) is 7.06. The van der Waals surface area contributed by atoms with Gasteiger partial charge in [0.1, 0.15) is 10.7 Å². The topological polar surface area (TPSA) is 88.4 Å². The summed E-state index contributed by atoms with van der Waals surface area (Å²) in [7, 11) is 0. The third-order valence-corrected chi connectivity index (χ3v) is 4.00. The molecule has 0 aliphatic carbocycles. The summed E-state index contributed by atoms with van der Waals surface area (Å²) in [6.45, 7) is 0. The van der Waals surface area contributed by atoms with Crippen molar-refractivity contribution in [3.05, 3.63) is 61.7 Å². The number of nitrogens with zero attached hydrogens (tertiary/aromatic N) is 1. The second-order valence-corrected chi connectivity index (χ2v) is 5.28. The number of hydrogen-bond acceptors (Lipinski definition) is 5. The average molecular weight is 306 g/mol. The van der Waals surface area contributed by atoms with E-state index in [1.54, 1.807) is 0 Å². The Bertz CT molecular complexity index is 878. The van der Waals surface area contributed by atoms with Gasteiger partial charge >= 0.3 is 17.1 Å². The number of hydrogen-bond donors (Lipinski definition) is 2. The van der Waals surface area contributed by atoms with E-state index in [0.717, 1.165) is 16.0 Å². The van der Waals surface area contributed by atoms with E-state index in [2.05, 4.69) is 5.43 Å². The molecule has 8 heteroatoms. The number of aromatic carboxylic acids is 1. The lowest BCUT2D eigenvalue weighted by Crippen LogP contribution is -2.09.